The molecule has 2 heterocycles. The van der Waals surface area contributed by atoms with Crippen LogP contribution in [0.1, 0.15) is 86.4 Å². The van der Waals surface area contributed by atoms with Crippen LogP contribution in [0.5, 0.6) is 5.75 Å². The molecule has 8 rings (SSSR count). The van der Waals surface area contributed by atoms with Gasteiger partial charge in [0.1, 0.15) is 29.2 Å². The Morgan fingerprint density at radius 2 is 1.50 bits per heavy atom. The molecule has 4 aliphatic rings. The predicted octanol–water partition coefficient (Wildman–Crippen LogP) is 7.33. The largest absolute Gasteiger partial charge is 0.508 e. The monoisotopic (exact) mass is 1080 g/mol. The Morgan fingerprint density at radius 1 is 0.782 bits per heavy atom. The predicted molar refractivity (Wildman–Crippen MR) is 298 cm³/mol. The van der Waals surface area contributed by atoms with Gasteiger partial charge in [0, 0.05) is 83.1 Å². The summed E-state index contributed by atoms with van der Waals surface area (Å²) in [7, 11) is 0. The quantitative estimate of drug-likeness (QED) is 0.0246. The number of carbonyl (C=O) groups excluding carboxylic acids is 5. The van der Waals surface area contributed by atoms with Crippen LogP contribution in [-0.2, 0) is 19.2 Å². The number of carboxylic acid groups (broad SMARTS) is 2. The van der Waals surface area contributed by atoms with E-state index in [9.17, 15) is 53.7 Å². The molecule has 0 saturated heterocycles. The number of carboxylic acids is 2. The third-order valence-corrected chi connectivity index (χ3v) is 14.0. The van der Waals surface area contributed by atoms with E-state index in [0.717, 1.165) is 37.8 Å². The van der Waals surface area contributed by atoms with E-state index >= 15 is 0 Å². The third-order valence-electron chi connectivity index (χ3n) is 13.7. The molecule has 5 amide bonds. The highest BCUT2D eigenvalue weighted by Crippen LogP contribution is 2.43. The Hall–Kier alpha value is -8.85. The first-order valence-corrected chi connectivity index (χ1v) is 26.0. The number of ketones is 1. The molecule has 0 aromatic heterocycles. The van der Waals surface area contributed by atoms with Crippen molar-refractivity contribution in [1.82, 2.24) is 21.3 Å². The van der Waals surface area contributed by atoms with E-state index in [1.54, 1.807) is 45.0 Å². The van der Waals surface area contributed by atoms with Gasteiger partial charge in [-0.2, -0.15) is 0 Å². The summed E-state index contributed by atoms with van der Waals surface area (Å²) >= 11 is 5.42. The molecule has 406 valence electrons. The number of urea groups is 1. The highest BCUT2D eigenvalue weighted by molar-refractivity contribution is 7.80. The second-order valence-electron chi connectivity index (χ2n) is 20.3. The molecule has 4 aromatic rings. The van der Waals surface area contributed by atoms with Crippen molar-refractivity contribution in [2.24, 2.45) is 5.41 Å². The normalized spacial score (nSPS) is 15.1. The number of rotatable bonds is 17. The van der Waals surface area contributed by atoms with E-state index in [0.29, 0.717) is 33.5 Å². The zero-order chi connectivity index (χ0) is 55.8. The number of nitrogens with zero attached hydrogens (tertiary/aromatic N) is 2. The van der Waals surface area contributed by atoms with Crippen molar-refractivity contribution in [2.45, 2.75) is 83.8 Å². The number of Topliss-reactive ketones (excluding diaryl/α,β-unsaturated/α-hetero) is 1. The van der Waals surface area contributed by atoms with Gasteiger partial charge in [0.25, 0.3) is 11.8 Å². The van der Waals surface area contributed by atoms with Crippen LogP contribution in [0.2, 0.25) is 0 Å². The van der Waals surface area contributed by atoms with Crippen molar-refractivity contribution in [2.75, 3.05) is 46.6 Å². The fourth-order valence-corrected chi connectivity index (χ4v) is 9.87. The number of thiocarbonyl (C=S) groups is 1. The third kappa shape index (κ3) is 13.2. The Morgan fingerprint density at radius 3 is 2.23 bits per heavy atom. The van der Waals surface area contributed by atoms with E-state index in [-0.39, 0.29) is 95.3 Å². The van der Waals surface area contributed by atoms with Crippen LogP contribution in [-0.4, -0.2) is 106 Å². The van der Waals surface area contributed by atoms with E-state index in [1.165, 1.54) is 59.5 Å². The SMILES string of the molecule is CC(C)(C)C(=O)CN1C(=O)[C@H](NC(=O)Nc2cccc(C(=O)N[C@@H](CCC(=O)NCCNC(=S)Nc3ccc(-c4c5ccc(=O)cc-5oc5cc(O)ccc45)c(C(=O)O)c3)C(=O)O)c2)CN(C2CCCCC2)c2ccccc21. The maximum Gasteiger partial charge on any atom is 0.336 e. The molecular weight excluding hydrogens is 1020 g/mol. The Labute approximate surface area is 453 Å². The number of aromatic hydroxyl groups is 1. The second kappa shape index (κ2) is 24.0. The van der Waals surface area contributed by atoms with Crippen molar-refractivity contribution in [1.29, 1.82) is 0 Å². The van der Waals surface area contributed by atoms with Gasteiger partial charge >= 0.3 is 18.0 Å². The molecule has 0 radical (unpaired) electrons. The van der Waals surface area contributed by atoms with Crippen LogP contribution >= 0.6 is 12.2 Å². The van der Waals surface area contributed by atoms with Crippen molar-refractivity contribution >= 4 is 92.5 Å². The summed E-state index contributed by atoms with van der Waals surface area (Å²) in [4.78, 5) is 108. The molecule has 2 aliphatic heterocycles. The lowest BCUT2D eigenvalue weighted by Crippen LogP contribution is -2.55. The second-order valence-corrected chi connectivity index (χ2v) is 20.7. The highest BCUT2D eigenvalue weighted by atomic mass is 32.1. The van der Waals surface area contributed by atoms with Crippen LogP contribution in [0.15, 0.2) is 112 Å². The first kappa shape index (κ1) is 55.4. The van der Waals surface area contributed by atoms with E-state index in [1.807, 2.05) is 24.3 Å². The zero-order valence-corrected chi connectivity index (χ0v) is 44.0. The number of anilines is 4. The Kier molecular flexibility index (Phi) is 17.0. The number of amides is 5. The lowest BCUT2D eigenvalue weighted by molar-refractivity contribution is -0.139. The molecule has 0 bridgehead atoms. The summed E-state index contributed by atoms with van der Waals surface area (Å²) in [6.07, 6.45) is 4.46. The van der Waals surface area contributed by atoms with E-state index < -0.39 is 53.2 Å². The number of hydrogen-bond donors (Lipinski definition) is 9. The molecule has 21 heteroatoms. The summed E-state index contributed by atoms with van der Waals surface area (Å²) < 4.78 is 5.90. The number of aromatic carboxylic acids is 1. The van der Waals surface area contributed by atoms with E-state index in [4.69, 9.17) is 16.6 Å². The van der Waals surface area contributed by atoms with Crippen LogP contribution in [0.3, 0.4) is 0 Å². The fourth-order valence-electron chi connectivity index (χ4n) is 9.65. The molecule has 9 N–H and O–H groups in total. The summed E-state index contributed by atoms with van der Waals surface area (Å²) in [5, 5.41) is 47.5. The van der Waals surface area contributed by atoms with Crippen LogP contribution in [0.4, 0.5) is 27.5 Å². The number of para-hydroxylation sites is 2. The van der Waals surface area contributed by atoms with Gasteiger partial charge in [-0.25, -0.2) is 14.4 Å². The summed E-state index contributed by atoms with van der Waals surface area (Å²) in [5.41, 5.74) is 2.31. The minimum atomic E-state index is -1.46. The lowest BCUT2D eigenvalue weighted by atomic mass is 9.90. The van der Waals surface area contributed by atoms with Gasteiger partial charge in [0.15, 0.2) is 16.3 Å². The summed E-state index contributed by atoms with van der Waals surface area (Å²) in [6, 6.07) is 23.3. The number of carbonyl (C=O) groups is 7. The Bertz CT molecular complexity index is 3350. The number of phenols is 1. The van der Waals surface area contributed by atoms with Crippen LogP contribution in [0, 0.1) is 5.41 Å². The molecule has 78 heavy (non-hydrogen) atoms. The minimum Gasteiger partial charge on any atom is -0.508 e. The van der Waals surface area contributed by atoms with Gasteiger partial charge in [-0.05, 0) is 104 Å². The molecule has 1 fully saturated rings. The highest BCUT2D eigenvalue weighted by Gasteiger charge is 2.39. The van der Waals surface area contributed by atoms with Crippen molar-refractivity contribution < 1.29 is 53.3 Å². The van der Waals surface area contributed by atoms with Crippen LogP contribution < -0.4 is 47.1 Å². The summed E-state index contributed by atoms with van der Waals surface area (Å²) in [5.74, 6) is -4.38. The minimum absolute atomic E-state index is 0.0159. The maximum atomic E-state index is 14.4. The molecule has 4 aromatic carbocycles. The first-order chi connectivity index (χ1) is 37.2. The lowest BCUT2D eigenvalue weighted by Gasteiger charge is -2.37. The number of nitrogens with one attached hydrogen (secondary N) is 6. The fraction of sp³-hybridized carbons (Fsp3) is 0.316. The topological polar surface area (TPSA) is 289 Å². The number of aliphatic carboxylic acids is 1. The van der Waals surface area contributed by atoms with Gasteiger partial charge in [-0.1, -0.05) is 64.3 Å². The molecule has 0 spiro atoms. The Balaban J connectivity index is 0.829. The van der Waals surface area contributed by atoms with Crippen molar-refractivity contribution in [3.8, 4) is 28.2 Å². The van der Waals surface area contributed by atoms with Gasteiger partial charge < -0.3 is 61.4 Å². The number of phenolic OH excluding ortho intramolecular Hbond substituents is 1. The van der Waals surface area contributed by atoms with Gasteiger partial charge in [0.2, 0.25) is 5.91 Å². The summed E-state index contributed by atoms with van der Waals surface area (Å²) in [6.45, 7) is 5.54. The molecular formula is C57H60N8O12S. The number of fused-ring (bicyclic) bond motifs is 3. The maximum absolute atomic E-state index is 14.4. The first-order valence-electron chi connectivity index (χ1n) is 25.5. The smallest absolute Gasteiger partial charge is 0.336 e. The van der Waals surface area contributed by atoms with Gasteiger partial charge in [-0.15, -0.1) is 0 Å². The average molecular weight is 1080 g/mol. The molecule has 0 unspecified atom stereocenters. The van der Waals surface area contributed by atoms with Crippen molar-refractivity contribution in [3.63, 3.8) is 0 Å². The molecule has 1 saturated carbocycles. The number of hydrogen-bond acceptors (Lipinski definition) is 12. The van der Waals surface area contributed by atoms with Gasteiger partial charge in [0.05, 0.1) is 23.5 Å². The molecule has 20 nitrogen and oxygen atoms in total. The van der Waals surface area contributed by atoms with Crippen LogP contribution in [0.25, 0.3) is 33.4 Å². The zero-order valence-electron chi connectivity index (χ0n) is 43.1. The van der Waals surface area contributed by atoms with E-state index in [2.05, 4.69) is 36.8 Å². The standard InChI is InChI=1S/C57H60N8O12S/c1-57(2,3)48(68)31-65-45-15-8-7-14-44(45)64(35-12-5-4-6-13-35)30-43(52(65)71)63-55(76)60-33-11-9-10-32(26-33)51(70)62-42(54(74)75)22-23-49(69)58-24-25-59-56(78)61-34-16-19-38(41(27-34)53(72)73)50-39-20-17-36(66)28-46(39)77-47-29-37(67)18-21-40(47)50/h7-11,14-21,26-29,35,42-43,66H,4-6,12-13,22-25,30-31H2,1-3H3,(H,58,69)(H,62,70)(H,72,73)(H,74,75)(H2,59,61,78)(H2,60,63,76)/t42-,43+/m0/s1. The number of benzene rings is 5. The van der Waals surface area contributed by atoms with Gasteiger partial charge in [-0.3, -0.25) is 24.0 Å². The molecule has 2 aliphatic carbocycles. The molecule has 2 atom stereocenters. The van der Waals surface area contributed by atoms with Crippen molar-refractivity contribution in [3.05, 3.63) is 124 Å². The average Bonchev–Trinajstić information content (AvgIpc) is 3.53.